The SMILES string of the molecule is CC1=CC[C]([Zr+2](=[C](C)C)[CH]2c3ccccc3-c3ccccc32)=C1.[F-].[F-]. The maximum absolute atomic E-state index is 2.49. The molecule has 3 heteroatoms. The van der Waals surface area contributed by atoms with Gasteiger partial charge in [-0.05, 0) is 0 Å². The number of hydrogen-bond acceptors (Lipinski definition) is 0. The molecule has 0 saturated carbocycles. The summed E-state index contributed by atoms with van der Waals surface area (Å²) in [4.78, 5) is 0. The van der Waals surface area contributed by atoms with E-state index in [2.05, 4.69) is 81.5 Å². The van der Waals surface area contributed by atoms with Crippen molar-refractivity contribution in [2.75, 3.05) is 0 Å². The summed E-state index contributed by atoms with van der Waals surface area (Å²) in [6.45, 7) is 7.01. The van der Waals surface area contributed by atoms with Gasteiger partial charge in [-0.2, -0.15) is 0 Å². The summed E-state index contributed by atoms with van der Waals surface area (Å²) in [6.07, 6.45) is 6.09. The van der Waals surface area contributed by atoms with Gasteiger partial charge in [0.05, 0.1) is 0 Å². The van der Waals surface area contributed by atoms with Crippen molar-refractivity contribution in [1.82, 2.24) is 0 Å². The Labute approximate surface area is 156 Å². The Morgan fingerprint density at radius 3 is 1.84 bits per heavy atom. The first-order valence-electron chi connectivity index (χ1n) is 8.40. The van der Waals surface area contributed by atoms with Crippen LogP contribution in [0.3, 0.4) is 0 Å². The minimum absolute atomic E-state index is 0. The Kier molecular flexibility index (Phi) is 6.22. The molecule has 2 aliphatic rings. The Morgan fingerprint density at radius 2 is 1.40 bits per heavy atom. The van der Waals surface area contributed by atoms with E-state index in [1.807, 2.05) is 0 Å². The Balaban J connectivity index is 0.00000113. The standard InChI is InChI=1S/C13H9.C6H7.C3H6.2FH.Zr/c1-3-7-12-10(5-1)9-11-6-2-4-8-13(11)12;1-6-4-2-3-5-6;1-3-2;;;/h1-9H;4-5H,2H2,1H3;1-2H3;2*1H;/q;;;;;+2/p-2. The van der Waals surface area contributed by atoms with Gasteiger partial charge in [0, 0.05) is 0 Å². The van der Waals surface area contributed by atoms with Crippen LogP contribution in [0.4, 0.5) is 0 Å². The van der Waals surface area contributed by atoms with Crippen LogP contribution >= 0.6 is 0 Å². The van der Waals surface area contributed by atoms with Crippen molar-refractivity contribution in [3.8, 4) is 11.1 Å². The second-order valence-electron chi connectivity index (χ2n) is 6.84. The van der Waals surface area contributed by atoms with Gasteiger partial charge in [-0.3, -0.25) is 0 Å². The number of fused-ring (bicyclic) bond motifs is 3. The van der Waals surface area contributed by atoms with Crippen LogP contribution in [-0.2, 0) is 21.3 Å². The number of allylic oxidation sites excluding steroid dienone is 4. The molecule has 4 rings (SSSR count). The molecule has 0 fully saturated rings. The van der Waals surface area contributed by atoms with Crippen molar-refractivity contribution in [2.24, 2.45) is 0 Å². The molecule has 0 bridgehead atoms. The molecule has 0 nitrogen and oxygen atoms in total. The van der Waals surface area contributed by atoms with Crippen LogP contribution in [0.5, 0.6) is 0 Å². The third-order valence-electron chi connectivity index (χ3n) is 5.05. The molecule has 0 unspecified atom stereocenters. The van der Waals surface area contributed by atoms with E-state index in [1.165, 1.54) is 23.1 Å². The molecule has 2 aromatic carbocycles. The third kappa shape index (κ3) is 3.32. The predicted octanol–water partition coefficient (Wildman–Crippen LogP) is -0.171. The quantitative estimate of drug-likeness (QED) is 0.639. The molecule has 0 atom stereocenters. The van der Waals surface area contributed by atoms with Crippen LogP contribution in [0.25, 0.3) is 11.1 Å². The van der Waals surface area contributed by atoms with Gasteiger partial charge in [0.25, 0.3) is 0 Å². The van der Waals surface area contributed by atoms with E-state index in [1.54, 1.807) is 17.6 Å². The van der Waals surface area contributed by atoms with Gasteiger partial charge in [-0.15, -0.1) is 0 Å². The molecule has 0 N–H and O–H groups in total. The van der Waals surface area contributed by atoms with Crippen molar-refractivity contribution in [2.45, 2.75) is 30.8 Å². The summed E-state index contributed by atoms with van der Waals surface area (Å²) >= 11 is -1.90. The van der Waals surface area contributed by atoms with Crippen molar-refractivity contribution >= 4 is 3.21 Å². The molecule has 0 heterocycles. The van der Waals surface area contributed by atoms with E-state index >= 15 is 0 Å². The van der Waals surface area contributed by atoms with Crippen LogP contribution in [0.2, 0.25) is 0 Å². The Hall–Kier alpha value is -1.47. The molecule has 0 saturated heterocycles. The molecule has 0 radical (unpaired) electrons. The molecule has 2 aliphatic carbocycles. The Morgan fingerprint density at radius 1 is 0.880 bits per heavy atom. The van der Waals surface area contributed by atoms with Gasteiger partial charge < -0.3 is 9.41 Å². The number of rotatable bonds is 2. The second-order valence-corrected chi connectivity index (χ2v) is 14.3. The summed E-state index contributed by atoms with van der Waals surface area (Å²) in [5.74, 6) is 0. The first-order valence-corrected chi connectivity index (χ1v) is 12.3. The van der Waals surface area contributed by atoms with E-state index in [9.17, 15) is 0 Å². The van der Waals surface area contributed by atoms with Gasteiger partial charge in [0.15, 0.2) is 0 Å². The maximum Gasteiger partial charge on any atom is -1.00 e. The number of benzene rings is 2. The van der Waals surface area contributed by atoms with Crippen molar-refractivity contribution in [3.05, 3.63) is 80.7 Å². The van der Waals surface area contributed by atoms with E-state index < -0.39 is 21.3 Å². The maximum atomic E-state index is 2.49. The molecular weight excluding hydrogens is 393 g/mol. The van der Waals surface area contributed by atoms with E-state index in [0.29, 0.717) is 3.63 Å². The zero-order valence-corrected chi connectivity index (χ0v) is 17.3. The van der Waals surface area contributed by atoms with Gasteiger partial charge in [-0.1, -0.05) is 0 Å². The average Bonchev–Trinajstić information content (AvgIpc) is 3.11. The smallest absolute Gasteiger partial charge is 1.00 e. The fourth-order valence-corrected chi connectivity index (χ4v) is 12.5. The predicted molar refractivity (Wildman–Crippen MR) is 96.5 cm³/mol. The second kappa shape index (κ2) is 7.83. The molecule has 0 aliphatic heterocycles. The molecule has 0 aromatic heterocycles. The average molecular weight is 416 g/mol. The molecule has 0 spiro atoms. The fraction of sp³-hybridized carbons (Fsp3) is 0.227. The monoisotopic (exact) mass is 414 g/mol. The number of halogens is 2. The third-order valence-corrected chi connectivity index (χ3v) is 13.2. The normalized spacial score (nSPS) is 14.2. The van der Waals surface area contributed by atoms with Crippen LogP contribution in [0.1, 0.15) is 41.9 Å². The van der Waals surface area contributed by atoms with Gasteiger partial charge in [-0.25, -0.2) is 0 Å². The molecule has 2 aromatic rings. The van der Waals surface area contributed by atoms with Gasteiger partial charge in [0.1, 0.15) is 0 Å². The molecule has 0 amide bonds. The minimum Gasteiger partial charge on any atom is -1.00 e. The summed E-state index contributed by atoms with van der Waals surface area (Å²) in [6, 6.07) is 18.2. The van der Waals surface area contributed by atoms with E-state index in [0.717, 1.165) is 0 Å². The summed E-state index contributed by atoms with van der Waals surface area (Å²) in [7, 11) is 0. The van der Waals surface area contributed by atoms with Gasteiger partial charge >= 0.3 is 147 Å². The largest absolute Gasteiger partial charge is 1.00 e. The van der Waals surface area contributed by atoms with Crippen LogP contribution in [0, 0.1) is 0 Å². The van der Waals surface area contributed by atoms with Crippen molar-refractivity contribution < 1.29 is 30.7 Å². The minimum atomic E-state index is -1.90. The number of hydrogen-bond donors (Lipinski definition) is 0. The molecule has 128 valence electrons. The van der Waals surface area contributed by atoms with Crippen LogP contribution < -0.4 is 9.41 Å². The van der Waals surface area contributed by atoms with E-state index in [4.69, 9.17) is 0 Å². The summed E-state index contributed by atoms with van der Waals surface area (Å²) < 4.78 is 4.13. The summed E-state index contributed by atoms with van der Waals surface area (Å²) in [5.41, 5.74) is 7.55. The first kappa shape index (κ1) is 19.9. The van der Waals surface area contributed by atoms with Crippen molar-refractivity contribution in [1.29, 1.82) is 0 Å². The first-order chi connectivity index (χ1) is 11.2. The van der Waals surface area contributed by atoms with Crippen molar-refractivity contribution in [3.63, 3.8) is 0 Å². The zero-order chi connectivity index (χ0) is 16.0. The Bertz CT molecular complexity index is 841. The fourth-order valence-electron chi connectivity index (χ4n) is 4.11. The molecular formula is C22H22F2Zr. The topological polar surface area (TPSA) is 0 Å². The zero-order valence-electron chi connectivity index (χ0n) is 14.8. The summed E-state index contributed by atoms with van der Waals surface area (Å²) in [5, 5.41) is 0. The van der Waals surface area contributed by atoms with Crippen LogP contribution in [-0.4, -0.2) is 3.21 Å². The van der Waals surface area contributed by atoms with Gasteiger partial charge in [0.2, 0.25) is 0 Å². The van der Waals surface area contributed by atoms with E-state index in [-0.39, 0.29) is 9.41 Å². The molecule has 25 heavy (non-hydrogen) atoms. The van der Waals surface area contributed by atoms with Crippen LogP contribution in [0.15, 0.2) is 69.5 Å².